The molecule has 0 aliphatic rings. The van der Waals surface area contributed by atoms with Gasteiger partial charge in [0.15, 0.2) is 5.75 Å². The smallest absolute Gasteiger partial charge is 0.308 e. The lowest BCUT2D eigenvalue weighted by atomic mass is 10.1. The Bertz CT molecular complexity index is 1010. The number of amides is 1. The molecule has 0 spiro atoms. The number of anilines is 1. The molecule has 130 valence electrons. The molecule has 0 radical (unpaired) electrons. The summed E-state index contributed by atoms with van der Waals surface area (Å²) in [6, 6.07) is 16.8. The van der Waals surface area contributed by atoms with Gasteiger partial charge in [0.25, 0.3) is 0 Å². The second kappa shape index (κ2) is 7.61. The van der Waals surface area contributed by atoms with Gasteiger partial charge in [-0.05, 0) is 29.8 Å². The van der Waals surface area contributed by atoms with Gasteiger partial charge in [-0.15, -0.1) is 0 Å². The number of rotatable bonds is 4. The molecule has 0 aliphatic carbocycles. The van der Waals surface area contributed by atoms with Gasteiger partial charge in [0, 0.05) is 24.9 Å². The maximum Gasteiger partial charge on any atom is 0.308 e. The van der Waals surface area contributed by atoms with Crippen LogP contribution < -0.4 is 10.1 Å². The molecule has 0 aliphatic heterocycles. The Balaban J connectivity index is 1.95. The van der Waals surface area contributed by atoms with Crippen LogP contribution in [0.2, 0.25) is 0 Å². The maximum atomic E-state index is 11.3. The molecule has 1 heterocycles. The predicted octanol–water partition coefficient (Wildman–Crippen LogP) is 4.29. The maximum absolute atomic E-state index is 11.3. The highest BCUT2D eigenvalue weighted by molar-refractivity contribution is 5.92. The number of aromatic nitrogens is 1. The van der Waals surface area contributed by atoms with E-state index in [9.17, 15) is 9.59 Å². The molecule has 5 heteroatoms. The Morgan fingerprint density at radius 3 is 2.54 bits per heavy atom. The van der Waals surface area contributed by atoms with Crippen molar-refractivity contribution in [2.45, 2.75) is 13.8 Å². The molecule has 26 heavy (non-hydrogen) atoms. The van der Waals surface area contributed by atoms with Crippen LogP contribution in [0.4, 0.5) is 5.69 Å². The number of ether oxygens (including phenoxy) is 1. The van der Waals surface area contributed by atoms with E-state index in [1.54, 1.807) is 6.07 Å². The van der Waals surface area contributed by atoms with E-state index in [1.807, 2.05) is 60.7 Å². The van der Waals surface area contributed by atoms with Gasteiger partial charge in [0.05, 0.1) is 5.69 Å². The number of nitrogens with zero attached hydrogens (tertiary/aromatic N) is 1. The zero-order valence-electron chi connectivity index (χ0n) is 14.5. The van der Waals surface area contributed by atoms with E-state index in [0.717, 1.165) is 22.3 Å². The molecule has 0 saturated heterocycles. The van der Waals surface area contributed by atoms with E-state index in [1.165, 1.54) is 13.8 Å². The van der Waals surface area contributed by atoms with Gasteiger partial charge in [-0.25, -0.2) is 4.98 Å². The van der Waals surface area contributed by atoms with E-state index >= 15 is 0 Å². The fourth-order valence-corrected chi connectivity index (χ4v) is 2.59. The average molecular weight is 346 g/mol. The SMILES string of the molecule is CC(=O)Nc1ccccc1/C=C/c1ccc2cccc(OC(C)=O)c2n1. The van der Waals surface area contributed by atoms with Gasteiger partial charge in [-0.1, -0.05) is 42.5 Å². The molecule has 2 aromatic carbocycles. The van der Waals surface area contributed by atoms with E-state index in [4.69, 9.17) is 4.74 Å². The molecule has 0 unspecified atom stereocenters. The molecule has 5 nitrogen and oxygen atoms in total. The van der Waals surface area contributed by atoms with Gasteiger partial charge in [-0.3, -0.25) is 9.59 Å². The van der Waals surface area contributed by atoms with Crippen molar-refractivity contribution in [2.24, 2.45) is 0 Å². The number of nitrogens with one attached hydrogen (secondary N) is 1. The lowest BCUT2D eigenvalue weighted by Crippen LogP contribution is -2.06. The monoisotopic (exact) mass is 346 g/mol. The van der Waals surface area contributed by atoms with Crippen molar-refractivity contribution in [3.05, 3.63) is 65.9 Å². The first kappa shape index (κ1) is 17.4. The summed E-state index contributed by atoms with van der Waals surface area (Å²) in [5, 5.41) is 3.69. The zero-order valence-corrected chi connectivity index (χ0v) is 14.5. The number of pyridine rings is 1. The molecule has 0 saturated carbocycles. The van der Waals surface area contributed by atoms with Crippen LogP contribution in [0.15, 0.2) is 54.6 Å². The third kappa shape index (κ3) is 4.13. The normalized spacial score (nSPS) is 10.8. The fraction of sp³-hybridized carbons (Fsp3) is 0.0952. The summed E-state index contributed by atoms with van der Waals surface area (Å²) in [6.45, 7) is 2.84. The minimum Gasteiger partial charge on any atom is -0.424 e. The van der Waals surface area contributed by atoms with Crippen LogP contribution in [-0.4, -0.2) is 16.9 Å². The average Bonchev–Trinajstić information content (AvgIpc) is 2.60. The van der Waals surface area contributed by atoms with Crippen LogP contribution in [0.5, 0.6) is 5.75 Å². The quantitative estimate of drug-likeness (QED) is 0.565. The van der Waals surface area contributed by atoms with Crippen molar-refractivity contribution in [1.29, 1.82) is 0 Å². The van der Waals surface area contributed by atoms with E-state index in [-0.39, 0.29) is 11.9 Å². The number of carbonyl (C=O) groups excluding carboxylic acids is 2. The summed E-state index contributed by atoms with van der Waals surface area (Å²) >= 11 is 0. The van der Waals surface area contributed by atoms with Crippen molar-refractivity contribution < 1.29 is 14.3 Å². The number of carbonyl (C=O) groups is 2. The van der Waals surface area contributed by atoms with Crippen LogP contribution in [0.25, 0.3) is 23.1 Å². The van der Waals surface area contributed by atoms with Crippen molar-refractivity contribution in [1.82, 2.24) is 4.98 Å². The van der Waals surface area contributed by atoms with Gasteiger partial charge in [-0.2, -0.15) is 0 Å². The summed E-state index contributed by atoms with van der Waals surface area (Å²) in [6.07, 6.45) is 3.73. The van der Waals surface area contributed by atoms with Crippen molar-refractivity contribution in [2.75, 3.05) is 5.32 Å². The van der Waals surface area contributed by atoms with Gasteiger partial charge >= 0.3 is 5.97 Å². The summed E-state index contributed by atoms with van der Waals surface area (Å²) in [4.78, 5) is 27.2. The van der Waals surface area contributed by atoms with Crippen LogP contribution in [0.3, 0.4) is 0 Å². The number of fused-ring (bicyclic) bond motifs is 1. The molecule has 0 bridgehead atoms. The molecule has 1 N–H and O–H groups in total. The first-order chi connectivity index (χ1) is 12.5. The number of benzene rings is 2. The zero-order chi connectivity index (χ0) is 18.5. The minimum absolute atomic E-state index is 0.124. The summed E-state index contributed by atoms with van der Waals surface area (Å²) in [7, 11) is 0. The van der Waals surface area contributed by atoms with Crippen molar-refractivity contribution >= 4 is 40.6 Å². The second-order valence-electron chi connectivity index (χ2n) is 5.76. The highest BCUT2D eigenvalue weighted by atomic mass is 16.5. The van der Waals surface area contributed by atoms with Gasteiger partial charge in [0.1, 0.15) is 5.52 Å². The van der Waals surface area contributed by atoms with Crippen LogP contribution >= 0.6 is 0 Å². The standard InChI is InChI=1S/C21H18N2O3/c1-14(24)22-19-8-4-3-6-16(19)10-12-18-13-11-17-7-5-9-20(21(17)23-18)26-15(2)25/h3-13H,1-2H3,(H,22,24)/b12-10+. The Morgan fingerprint density at radius 2 is 1.77 bits per heavy atom. The molecule has 0 atom stereocenters. The van der Waals surface area contributed by atoms with Gasteiger partial charge in [0.2, 0.25) is 5.91 Å². The molecular weight excluding hydrogens is 328 g/mol. The van der Waals surface area contributed by atoms with E-state index < -0.39 is 0 Å². The van der Waals surface area contributed by atoms with Crippen molar-refractivity contribution in [3.8, 4) is 5.75 Å². The van der Waals surface area contributed by atoms with E-state index in [0.29, 0.717) is 11.3 Å². The number of para-hydroxylation sites is 2. The Labute approximate surface area is 151 Å². The molecule has 0 fully saturated rings. The Hall–Kier alpha value is -3.47. The topological polar surface area (TPSA) is 68.3 Å². The number of hydrogen-bond acceptors (Lipinski definition) is 4. The molecule has 3 rings (SSSR count). The highest BCUT2D eigenvalue weighted by Gasteiger charge is 2.06. The molecule has 3 aromatic rings. The van der Waals surface area contributed by atoms with Crippen LogP contribution in [0.1, 0.15) is 25.1 Å². The largest absolute Gasteiger partial charge is 0.424 e. The molecular formula is C21H18N2O3. The Kier molecular flexibility index (Phi) is 5.08. The number of esters is 1. The Morgan fingerprint density at radius 1 is 0.962 bits per heavy atom. The van der Waals surface area contributed by atoms with E-state index in [2.05, 4.69) is 10.3 Å². The molecule has 1 amide bonds. The first-order valence-corrected chi connectivity index (χ1v) is 8.16. The lowest BCUT2D eigenvalue weighted by molar-refractivity contribution is -0.131. The minimum atomic E-state index is -0.385. The van der Waals surface area contributed by atoms with Crippen LogP contribution in [-0.2, 0) is 9.59 Å². The van der Waals surface area contributed by atoms with Gasteiger partial charge < -0.3 is 10.1 Å². The number of hydrogen-bond donors (Lipinski definition) is 1. The summed E-state index contributed by atoms with van der Waals surface area (Å²) in [5.74, 6) is -0.0749. The summed E-state index contributed by atoms with van der Waals surface area (Å²) in [5.41, 5.74) is 2.95. The molecule has 1 aromatic heterocycles. The third-order valence-corrected chi connectivity index (χ3v) is 3.66. The van der Waals surface area contributed by atoms with Crippen LogP contribution in [0, 0.1) is 0 Å². The second-order valence-corrected chi connectivity index (χ2v) is 5.76. The predicted molar refractivity (Wildman–Crippen MR) is 103 cm³/mol. The lowest BCUT2D eigenvalue weighted by Gasteiger charge is -2.07. The van der Waals surface area contributed by atoms with Crippen molar-refractivity contribution in [3.63, 3.8) is 0 Å². The summed E-state index contributed by atoms with van der Waals surface area (Å²) < 4.78 is 5.24. The highest BCUT2D eigenvalue weighted by Crippen LogP contribution is 2.25. The fourth-order valence-electron chi connectivity index (χ4n) is 2.59. The first-order valence-electron chi connectivity index (χ1n) is 8.16. The third-order valence-electron chi connectivity index (χ3n) is 3.66.